The number of aromatic nitrogens is 1. The summed E-state index contributed by atoms with van der Waals surface area (Å²) in [5.41, 5.74) is 0.683. The Labute approximate surface area is 154 Å². The van der Waals surface area contributed by atoms with Crippen LogP contribution in [0.15, 0.2) is 4.42 Å². The summed E-state index contributed by atoms with van der Waals surface area (Å²) >= 11 is 0. The summed E-state index contributed by atoms with van der Waals surface area (Å²) in [6.07, 6.45) is 2.87. The van der Waals surface area contributed by atoms with Crippen molar-refractivity contribution in [1.29, 1.82) is 0 Å². The van der Waals surface area contributed by atoms with Crippen LogP contribution in [0, 0.1) is 30.6 Å². The number of carbonyl (C=O) groups is 2. The van der Waals surface area contributed by atoms with Gasteiger partial charge in [0.1, 0.15) is 0 Å². The number of amides is 2. The van der Waals surface area contributed by atoms with Gasteiger partial charge in [-0.2, -0.15) is 0 Å². The number of oxazole rings is 1. The van der Waals surface area contributed by atoms with Crippen molar-refractivity contribution in [3.63, 3.8) is 0 Å². The van der Waals surface area contributed by atoms with Crippen molar-refractivity contribution in [3.8, 4) is 0 Å². The third kappa shape index (κ3) is 2.74. The molecule has 1 saturated carbocycles. The van der Waals surface area contributed by atoms with Gasteiger partial charge in [-0.05, 0) is 37.5 Å². The molecule has 26 heavy (non-hydrogen) atoms. The van der Waals surface area contributed by atoms with E-state index in [0.29, 0.717) is 36.4 Å². The van der Waals surface area contributed by atoms with Crippen LogP contribution in [0.5, 0.6) is 0 Å². The van der Waals surface area contributed by atoms with Gasteiger partial charge in [0.05, 0.1) is 11.7 Å². The van der Waals surface area contributed by atoms with Crippen LogP contribution < -0.4 is 0 Å². The Hall–Kier alpha value is -1.85. The number of aryl methyl sites for hydroxylation is 2. The lowest BCUT2D eigenvalue weighted by Crippen LogP contribution is -2.56. The highest BCUT2D eigenvalue weighted by atomic mass is 16.4. The largest absolute Gasteiger partial charge is 0.436 e. The number of carbonyl (C=O) groups excluding carboxylic acids is 2. The average Bonchev–Trinajstić information content (AvgIpc) is 3.01. The molecule has 1 aliphatic carbocycles. The average molecular weight is 359 g/mol. The first-order valence-electron chi connectivity index (χ1n) is 9.62. The van der Waals surface area contributed by atoms with Gasteiger partial charge in [0.15, 0.2) is 5.89 Å². The van der Waals surface area contributed by atoms with Crippen LogP contribution in [0.3, 0.4) is 0 Å². The first-order valence-corrected chi connectivity index (χ1v) is 9.62. The third-order valence-electron chi connectivity index (χ3n) is 6.31. The van der Waals surface area contributed by atoms with Gasteiger partial charge in [-0.3, -0.25) is 9.59 Å². The lowest BCUT2D eigenvalue weighted by atomic mass is 9.54. The zero-order valence-electron chi connectivity index (χ0n) is 16.5. The van der Waals surface area contributed by atoms with Gasteiger partial charge in [0, 0.05) is 32.0 Å². The first kappa shape index (κ1) is 17.6. The fourth-order valence-corrected chi connectivity index (χ4v) is 5.83. The maximum absolute atomic E-state index is 13.1. The molecule has 2 unspecified atom stereocenters. The lowest BCUT2D eigenvalue weighted by Gasteiger charge is -2.52. The monoisotopic (exact) mass is 359 g/mol. The van der Waals surface area contributed by atoms with Gasteiger partial charge in [-0.1, -0.05) is 20.8 Å². The molecule has 3 aliphatic rings. The third-order valence-corrected chi connectivity index (χ3v) is 6.31. The van der Waals surface area contributed by atoms with Crippen molar-refractivity contribution in [2.24, 2.45) is 16.7 Å². The fraction of sp³-hybridized carbons (Fsp3) is 0.750. The lowest BCUT2D eigenvalue weighted by molar-refractivity contribution is -0.156. The van der Waals surface area contributed by atoms with Crippen LogP contribution in [-0.4, -0.2) is 52.3 Å². The Morgan fingerprint density at radius 2 is 1.81 bits per heavy atom. The van der Waals surface area contributed by atoms with E-state index in [1.807, 2.05) is 9.80 Å². The molecule has 2 bridgehead atoms. The minimum Gasteiger partial charge on any atom is -0.436 e. The maximum Gasteiger partial charge on any atom is 0.291 e. The van der Waals surface area contributed by atoms with Crippen LogP contribution in [0.25, 0.3) is 0 Å². The Morgan fingerprint density at radius 1 is 1.12 bits per heavy atom. The fourth-order valence-electron chi connectivity index (χ4n) is 5.83. The number of rotatable bonds is 2. The molecule has 3 heterocycles. The summed E-state index contributed by atoms with van der Waals surface area (Å²) in [6.45, 7) is 12.2. The quantitative estimate of drug-likeness (QED) is 0.814. The molecule has 4 rings (SSSR count). The van der Waals surface area contributed by atoms with Crippen LogP contribution >= 0.6 is 0 Å². The van der Waals surface area contributed by atoms with E-state index >= 15 is 0 Å². The van der Waals surface area contributed by atoms with Gasteiger partial charge in [0.25, 0.3) is 5.91 Å². The molecule has 2 amide bonds. The van der Waals surface area contributed by atoms with E-state index in [1.54, 1.807) is 13.8 Å². The predicted molar refractivity (Wildman–Crippen MR) is 96.6 cm³/mol. The second kappa shape index (κ2) is 5.57. The molecule has 0 N–H and O–H groups in total. The second-order valence-electron chi connectivity index (χ2n) is 9.65. The number of likely N-dealkylation sites (tertiary alicyclic amines) is 2. The smallest absolute Gasteiger partial charge is 0.291 e. The summed E-state index contributed by atoms with van der Waals surface area (Å²) in [5, 5.41) is 0. The molecule has 0 aromatic carbocycles. The van der Waals surface area contributed by atoms with Crippen molar-refractivity contribution in [2.75, 3.05) is 19.6 Å². The van der Waals surface area contributed by atoms with Gasteiger partial charge in [0.2, 0.25) is 11.7 Å². The summed E-state index contributed by atoms with van der Waals surface area (Å²) in [5.74, 6) is 1.42. The van der Waals surface area contributed by atoms with Crippen molar-refractivity contribution >= 4 is 11.8 Å². The van der Waals surface area contributed by atoms with Crippen molar-refractivity contribution < 1.29 is 14.0 Å². The van der Waals surface area contributed by atoms with E-state index in [-0.39, 0.29) is 28.7 Å². The van der Waals surface area contributed by atoms with Gasteiger partial charge in [-0.25, -0.2) is 4.98 Å². The maximum atomic E-state index is 13.1. The molecular formula is C20H29N3O3. The standard InChI is InChI=1S/C20H29N3O3/c1-12-16(26-13(2)21-12)17(24)23-8-14-6-15(23)9-22(7-14)18(25)20(5)10-19(3,4)11-20/h14-15H,6-11H2,1-5H3. The number of hydrogen-bond donors (Lipinski definition) is 0. The minimum absolute atomic E-state index is 0.0825. The van der Waals surface area contributed by atoms with E-state index in [4.69, 9.17) is 4.42 Å². The van der Waals surface area contributed by atoms with E-state index < -0.39 is 0 Å². The predicted octanol–water partition coefficient (Wildman–Crippen LogP) is 2.79. The van der Waals surface area contributed by atoms with Gasteiger partial charge < -0.3 is 14.2 Å². The highest BCUT2D eigenvalue weighted by Gasteiger charge is 2.54. The van der Waals surface area contributed by atoms with Crippen LogP contribution in [0.4, 0.5) is 0 Å². The molecule has 3 fully saturated rings. The molecule has 0 radical (unpaired) electrons. The molecule has 2 saturated heterocycles. The van der Waals surface area contributed by atoms with Crippen molar-refractivity contribution in [1.82, 2.24) is 14.8 Å². The van der Waals surface area contributed by atoms with Gasteiger partial charge in [-0.15, -0.1) is 0 Å². The second-order valence-corrected chi connectivity index (χ2v) is 9.65. The van der Waals surface area contributed by atoms with E-state index in [9.17, 15) is 9.59 Å². The summed E-state index contributed by atoms with van der Waals surface area (Å²) in [4.78, 5) is 34.2. The van der Waals surface area contributed by atoms with Crippen LogP contribution in [0.2, 0.25) is 0 Å². The number of piperidine rings is 1. The van der Waals surface area contributed by atoms with Crippen molar-refractivity contribution in [2.45, 2.75) is 59.9 Å². The van der Waals surface area contributed by atoms with E-state index in [2.05, 4.69) is 25.8 Å². The summed E-state index contributed by atoms with van der Waals surface area (Å²) in [6, 6.07) is 0.0895. The van der Waals surface area contributed by atoms with Crippen LogP contribution in [-0.2, 0) is 4.79 Å². The van der Waals surface area contributed by atoms with Crippen LogP contribution in [0.1, 0.15) is 62.2 Å². The van der Waals surface area contributed by atoms with Crippen molar-refractivity contribution in [3.05, 3.63) is 17.3 Å². The molecule has 1 aromatic heterocycles. The summed E-state index contributed by atoms with van der Waals surface area (Å²) in [7, 11) is 0. The van der Waals surface area contributed by atoms with E-state index in [1.165, 1.54) is 0 Å². The molecule has 6 heteroatoms. The molecule has 1 aromatic rings. The highest BCUT2D eigenvalue weighted by molar-refractivity contribution is 5.93. The number of nitrogens with zero attached hydrogens (tertiary/aromatic N) is 3. The highest BCUT2D eigenvalue weighted by Crippen LogP contribution is 2.55. The topological polar surface area (TPSA) is 66.7 Å². The van der Waals surface area contributed by atoms with Gasteiger partial charge >= 0.3 is 0 Å². The molecule has 2 atom stereocenters. The number of fused-ring (bicyclic) bond motifs is 2. The Balaban J connectivity index is 1.47. The molecular weight excluding hydrogens is 330 g/mol. The molecule has 142 valence electrons. The zero-order chi connectivity index (χ0) is 18.9. The first-order chi connectivity index (χ1) is 12.1. The molecule has 0 spiro atoms. The van der Waals surface area contributed by atoms with E-state index in [0.717, 1.165) is 25.8 Å². The Kier molecular flexibility index (Phi) is 3.76. The molecule has 6 nitrogen and oxygen atoms in total. The normalized spacial score (nSPS) is 28.8. The SMILES string of the molecule is Cc1nc(C)c(C(=O)N2CC3CC2CN(C(=O)C2(C)CC(C)(C)C2)C3)o1. The minimum atomic E-state index is -0.228. The Bertz CT molecular complexity index is 758. The summed E-state index contributed by atoms with van der Waals surface area (Å²) < 4.78 is 5.53. The number of hydrogen-bond acceptors (Lipinski definition) is 4. The molecule has 2 aliphatic heterocycles. The zero-order valence-corrected chi connectivity index (χ0v) is 16.5. The Morgan fingerprint density at radius 3 is 2.38 bits per heavy atom.